The second-order valence-electron chi connectivity index (χ2n) is 3.46. The van der Waals surface area contributed by atoms with Crippen molar-refractivity contribution in [3.05, 3.63) is 22.4 Å². The van der Waals surface area contributed by atoms with E-state index in [9.17, 15) is 5.11 Å². The highest BCUT2D eigenvalue weighted by Gasteiger charge is 1.99. The highest BCUT2D eigenvalue weighted by Crippen LogP contribution is 2.07. The fourth-order valence-corrected chi connectivity index (χ4v) is 1.97. The van der Waals surface area contributed by atoms with E-state index in [0.717, 1.165) is 32.4 Å². The molecule has 1 unspecified atom stereocenters. The van der Waals surface area contributed by atoms with Crippen LogP contribution in [0.1, 0.15) is 31.1 Å². The molecule has 2 N–H and O–H groups in total. The van der Waals surface area contributed by atoms with Gasteiger partial charge in [0.1, 0.15) is 0 Å². The van der Waals surface area contributed by atoms with Gasteiger partial charge in [0, 0.05) is 11.4 Å². The summed E-state index contributed by atoms with van der Waals surface area (Å²) in [4.78, 5) is 1.38. The quantitative estimate of drug-likeness (QED) is 0.682. The van der Waals surface area contributed by atoms with E-state index in [0.29, 0.717) is 0 Å². The molecule has 0 aromatic carbocycles. The van der Waals surface area contributed by atoms with Crippen molar-refractivity contribution >= 4 is 11.3 Å². The van der Waals surface area contributed by atoms with E-state index < -0.39 is 0 Å². The van der Waals surface area contributed by atoms with E-state index in [1.54, 1.807) is 11.3 Å². The van der Waals surface area contributed by atoms with E-state index in [2.05, 4.69) is 22.8 Å². The van der Waals surface area contributed by atoms with Crippen LogP contribution in [0.5, 0.6) is 0 Å². The van der Waals surface area contributed by atoms with Crippen LogP contribution in [0, 0.1) is 0 Å². The van der Waals surface area contributed by atoms with Gasteiger partial charge in [0.2, 0.25) is 0 Å². The molecule has 0 aliphatic rings. The molecule has 0 aliphatic carbocycles. The topological polar surface area (TPSA) is 32.3 Å². The van der Waals surface area contributed by atoms with Crippen LogP contribution in [0.25, 0.3) is 0 Å². The minimum Gasteiger partial charge on any atom is -0.393 e. The molecule has 3 heteroatoms. The summed E-state index contributed by atoms with van der Waals surface area (Å²) >= 11 is 1.78. The fourth-order valence-electron chi connectivity index (χ4n) is 1.29. The first-order valence-corrected chi connectivity index (χ1v) is 6.12. The van der Waals surface area contributed by atoms with Crippen molar-refractivity contribution in [3.8, 4) is 0 Å². The molecule has 0 saturated heterocycles. The lowest BCUT2D eigenvalue weighted by atomic mass is 10.1. The van der Waals surface area contributed by atoms with Crippen molar-refractivity contribution in [2.24, 2.45) is 0 Å². The number of aliphatic hydroxyl groups is 1. The Bertz CT molecular complexity index is 223. The number of rotatable bonds is 7. The maximum Gasteiger partial charge on any atom is 0.0538 e. The monoisotopic (exact) mass is 213 g/mol. The first kappa shape index (κ1) is 11.7. The normalized spacial score (nSPS) is 13.0. The van der Waals surface area contributed by atoms with Gasteiger partial charge in [0.25, 0.3) is 0 Å². The Morgan fingerprint density at radius 2 is 2.43 bits per heavy atom. The number of hydrogen-bond acceptors (Lipinski definition) is 3. The Morgan fingerprint density at radius 1 is 1.57 bits per heavy atom. The summed E-state index contributed by atoms with van der Waals surface area (Å²) < 4.78 is 0. The van der Waals surface area contributed by atoms with Gasteiger partial charge >= 0.3 is 0 Å². The Balaban J connectivity index is 1.95. The number of nitrogens with one attached hydrogen (secondary N) is 1. The first-order chi connectivity index (χ1) is 6.83. The lowest BCUT2D eigenvalue weighted by molar-refractivity contribution is 0.157. The van der Waals surface area contributed by atoms with Crippen LogP contribution in [-0.4, -0.2) is 17.8 Å². The zero-order valence-electron chi connectivity index (χ0n) is 8.70. The van der Waals surface area contributed by atoms with Crippen LogP contribution in [0.15, 0.2) is 17.5 Å². The molecular weight excluding hydrogens is 194 g/mol. The van der Waals surface area contributed by atoms with Crippen molar-refractivity contribution < 1.29 is 5.11 Å². The van der Waals surface area contributed by atoms with E-state index in [1.165, 1.54) is 4.88 Å². The Morgan fingerprint density at radius 3 is 3.07 bits per heavy atom. The molecule has 0 saturated carbocycles. The van der Waals surface area contributed by atoms with Crippen LogP contribution < -0.4 is 5.32 Å². The van der Waals surface area contributed by atoms with Gasteiger partial charge in [-0.05, 0) is 37.3 Å². The van der Waals surface area contributed by atoms with Crippen LogP contribution in [0.3, 0.4) is 0 Å². The third-order valence-electron chi connectivity index (χ3n) is 2.24. The molecule has 0 bridgehead atoms. The summed E-state index contributed by atoms with van der Waals surface area (Å²) in [5.74, 6) is 0. The SMILES string of the molecule is CCC(O)CCCNCc1cccs1. The summed E-state index contributed by atoms with van der Waals surface area (Å²) in [5, 5.41) is 14.8. The number of hydrogen-bond donors (Lipinski definition) is 2. The second kappa shape index (κ2) is 6.98. The average Bonchev–Trinajstić information content (AvgIpc) is 2.69. The van der Waals surface area contributed by atoms with Crippen molar-refractivity contribution in [3.63, 3.8) is 0 Å². The Labute approximate surface area is 90.0 Å². The zero-order valence-corrected chi connectivity index (χ0v) is 9.52. The molecular formula is C11H19NOS. The summed E-state index contributed by atoms with van der Waals surface area (Å²) in [6, 6.07) is 4.21. The van der Waals surface area contributed by atoms with Gasteiger partial charge < -0.3 is 10.4 Å². The molecule has 1 heterocycles. The predicted molar refractivity (Wildman–Crippen MR) is 61.6 cm³/mol. The molecule has 80 valence electrons. The fraction of sp³-hybridized carbons (Fsp3) is 0.636. The summed E-state index contributed by atoms with van der Waals surface area (Å²) in [6.45, 7) is 3.97. The van der Waals surface area contributed by atoms with Crippen LogP contribution in [0.2, 0.25) is 0 Å². The summed E-state index contributed by atoms with van der Waals surface area (Å²) in [5.41, 5.74) is 0. The Kier molecular flexibility index (Phi) is 5.83. The van der Waals surface area contributed by atoms with Crippen LogP contribution in [0.4, 0.5) is 0 Å². The number of aliphatic hydroxyl groups excluding tert-OH is 1. The number of thiophene rings is 1. The van der Waals surface area contributed by atoms with Gasteiger partial charge in [-0.25, -0.2) is 0 Å². The van der Waals surface area contributed by atoms with E-state index in [1.807, 2.05) is 6.92 Å². The molecule has 0 amide bonds. The highest BCUT2D eigenvalue weighted by atomic mass is 32.1. The third kappa shape index (κ3) is 4.74. The van der Waals surface area contributed by atoms with Crippen molar-refractivity contribution in [1.29, 1.82) is 0 Å². The lowest BCUT2D eigenvalue weighted by Gasteiger charge is -2.07. The third-order valence-corrected chi connectivity index (χ3v) is 3.12. The maximum absolute atomic E-state index is 9.32. The summed E-state index contributed by atoms with van der Waals surface area (Å²) in [7, 11) is 0. The van der Waals surface area contributed by atoms with E-state index in [-0.39, 0.29) is 6.10 Å². The smallest absolute Gasteiger partial charge is 0.0538 e. The standard InChI is InChI=1S/C11H19NOS/c1-2-10(13)5-3-7-12-9-11-6-4-8-14-11/h4,6,8,10,12-13H,2-3,5,7,9H2,1H3. The largest absolute Gasteiger partial charge is 0.393 e. The Hall–Kier alpha value is -0.380. The van der Waals surface area contributed by atoms with Crippen LogP contribution >= 0.6 is 11.3 Å². The molecule has 0 radical (unpaired) electrons. The molecule has 1 atom stereocenters. The first-order valence-electron chi connectivity index (χ1n) is 5.24. The van der Waals surface area contributed by atoms with Crippen molar-refractivity contribution in [2.75, 3.05) is 6.54 Å². The van der Waals surface area contributed by atoms with E-state index >= 15 is 0 Å². The lowest BCUT2D eigenvalue weighted by Crippen LogP contribution is -2.16. The van der Waals surface area contributed by atoms with Crippen LogP contribution in [-0.2, 0) is 6.54 Å². The minimum absolute atomic E-state index is 0.112. The zero-order chi connectivity index (χ0) is 10.2. The molecule has 2 nitrogen and oxygen atoms in total. The van der Waals surface area contributed by atoms with Crippen molar-refractivity contribution in [2.45, 2.75) is 38.8 Å². The minimum atomic E-state index is -0.112. The van der Waals surface area contributed by atoms with Crippen molar-refractivity contribution in [1.82, 2.24) is 5.32 Å². The molecule has 1 rings (SSSR count). The average molecular weight is 213 g/mol. The van der Waals surface area contributed by atoms with Gasteiger partial charge in [-0.3, -0.25) is 0 Å². The molecule has 1 aromatic rings. The highest BCUT2D eigenvalue weighted by molar-refractivity contribution is 7.09. The molecule has 0 fully saturated rings. The molecule has 0 spiro atoms. The second-order valence-corrected chi connectivity index (χ2v) is 4.49. The van der Waals surface area contributed by atoms with E-state index in [4.69, 9.17) is 0 Å². The molecule has 1 aromatic heterocycles. The van der Waals surface area contributed by atoms with Gasteiger partial charge in [-0.2, -0.15) is 0 Å². The maximum atomic E-state index is 9.32. The molecule has 14 heavy (non-hydrogen) atoms. The van der Waals surface area contributed by atoms with Gasteiger partial charge in [0.15, 0.2) is 0 Å². The van der Waals surface area contributed by atoms with Gasteiger partial charge in [-0.15, -0.1) is 11.3 Å². The predicted octanol–water partition coefficient (Wildman–Crippen LogP) is 2.39. The molecule has 0 aliphatic heterocycles. The summed E-state index contributed by atoms with van der Waals surface area (Å²) in [6.07, 6.45) is 2.72. The van der Waals surface area contributed by atoms with Gasteiger partial charge in [-0.1, -0.05) is 13.0 Å². The van der Waals surface area contributed by atoms with Gasteiger partial charge in [0.05, 0.1) is 6.10 Å².